The number of amides is 1. The Kier molecular flexibility index (Phi) is 3.29. The molecule has 0 bridgehead atoms. The topological polar surface area (TPSA) is 98.3 Å². The van der Waals surface area contributed by atoms with Crippen LogP contribution in [0.25, 0.3) is 0 Å². The molecule has 1 amide bonds. The average Bonchev–Trinajstić information content (AvgIpc) is 2.33. The maximum atomic E-state index is 11.8. The number of nitrogens with one attached hydrogen (secondary N) is 1. The first kappa shape index (κ1) is 12.5. The lowest BCUT2D eigenvalue weighted by atomic mass is 9.78. The van der Waals surface area contributed by atoms with Gasteiger partial charge in [0.1, 0.15) is 0 Å². The van der Waals surface area contributed by atoms with Crippen molar-refractivity contribution in [2.24, 2.45) is 5.73 Å². The van der Waals surface area contributed by atoms with Crippen molar-refractivity contribution < 1.29 is 9.72 Å². The molecule has 0 radical (unpaired) electrons. The number of nitro groups is 1. The van der Waals surface area contributed by atoms with Crippen molar-refractivity contribution in [3.05, 3.63) is 39.9 Å². The smallest absolute Gasteiger partial charge is 0.269 e. The van der Waals surface area contributed by atoms with E-state index >= 15 is 0 Å². The minimum atomic E-state index is -0.495. The van der Waals surface area contributed by atoms with Gasteiger partial charge >= 0.3 is 0 Å². The first-order valence-electron chi connectivity index (χ1n) is 5.82. The lowest BCUT2D eigenvalue weighted by Gasteiger charge is -2.38. The molecule has 2 rings (SSSR count). The molecule has 1 saturated carbocycles. The van der Waals surface area contributed by atoms with Gasteiger partial charge in [0, 0.05) is 29.8 Å². The number of nitro benzene ring substituents is 1. The van der Waals surface area contributed by atoms with Crippen LogP contribution in [0.3, 0.4) is 0 Å². The summed E-state index contributed by atoms with van der Waals surface area (Å²) in [6.45, 7) is 0.447. The second-order valence-electron chi connectivity index (χ2n) is 4.70. The summed E-state index contributed by atoms with van der Waals surface area (Å²) in [6, 6.07) is 5.52. The molecular weight excluding hydrogens is 234 g/mol. The standard InChI is InChI=1S/C12H15N3O3/c13-12(6-1-7-12)8-14-11(16)9-2-4-10(5-3-9)15(17)18/h2-5H,1,6-8,13H2,(H,14,16). The molecule has 0 unspecified atom stereocenters. The summed E-state index contributed by atoms with van der Waals surface area (Å²) >= 11 is 0. The zero-order chi connectivity index (χ0) is 13.2. The number of hydrogen-bond acceptors (Lipinski definition) is 4. The van der Waals surface area contributed by atoms with Crippen LogP contribution in [0, 0.1) is 10.1 Å². The lowest BCUT2D eigenvalue weighted by molar-refractivity contribution is -0.384. The number of hydrogen-bond donors (Lipinski definition) is 2. The number of carbonyl (C=O) groups is 1. The van der Waals surface area contributed by atoms with Crippen LogP contribution in [0.4, 0.5) is 5.69 Å². The zero-order valence-electron chi connectivity index (χ0n) is 9.89. The highest BCUT2D eigenvalue weighted by Crippen LogP contribution is 2.28. The number of nitrogens with two attached hydrogens (primary N) is 1. The quantitative estimate of drug-likeness (QED) is 0.618. The molecule has 0 saturated heterocycles. The molecule has 1 aromatic rings. The fraction of sp³-hybridized carbons (Fsp3) is 0.417. The van der Waals surface area contributed by atoms with Crippen molar-refractivity contribution in [3.8, 4) is 0 Å². The van der Waals surface area contributed by atoms with Gasteiger partial charge < -0.3 is 11.1 Å². The van der Waals surface area contributed by atoms with Crippen molar-refractivity contribution in [2.75, 3.05) is 6.54 Å². The average molecular weight is 249 g/mol. The molecule has 0 atom stereocenters. The number of nitrogens with zero attached hydrogens (tertiary/aromatic N) is 1. The second-order valence-corrected chi connectivity index (χ2v) is 4.70. The van der Waals surface area contributed by atoms with Gasteiger partial charge in [0.25, 0.3) is 11.6 Å². The highest BCUT2D eigenvalue weighted by Gasteiger charge is 2.32. The minimum Gasteiger partial charge on any atom is -0.350 e. The van der Waals surface area contributed by atoms with E-state index in [0.29, 0.717) is 12.1 Å². The molecule has 18 heavy (non-hydrogen) atoms. The van der Waals surface area contributed by atoms with Crippen LogP contribution in [0.15, 0.2) is 24.3 Å². The third-order valence-electron chi connectivity index (χ3n) is 3.29. The van der Waals surface area contributed by atoms with Gasteiger partial charge in [-0.2, -0.15) is 0 Å². The van der Waals surface area contributed by atoms with Crippen molar-refractivity contribution >= 4 is 11.6 Å². The number of carbonyl (C=O) groups excluding carboxylic acids is 1. The van der Waals surface area contributed by atoms with E-state index in [4.69, 9.17) is 5.73 Å². The van der Waals surface area contributed by atoms with Crippen LogP contribution in [-0.2, 0) is 0 Å². The van der Waals surface area contributed by atoms with Gasteiger partial charge in [0.15, 0.2) is 0 Å². The van der Waals surface area contributed by atoms with E-state index < -0.39 is 4.92 Å². The predicted molar refractivity (Wildman–Crippen MR) is 66.2 cm³/mol. The molecule has 0 heterocycles. The molecule has 1 aliphatic carbocycles. The van der Waals surface area contributed by atoms with Crippen LogP contribution in [-0.4, -0.2) is 22.9 Å². The van der Waals surface area contributed by atoms with E-state index in [-0.39, 0.29) is 17.1 Å². The molecule has 6 nitrogen and oxygen atoms in total. The van der Waals surface area contributed by atoms with Crippen molar-refractivity contribution in [3.63, 3.8) is 0 Å². The van der Waals surface area contributed by atoms with E-state index in [1.165, 1.54) is 24.3 Å². The van der Waals surface area contributed by atoms with E-state index in [0.717, 1.165) is 19.3 Å². The molecule has 3 N–H and O–H groups in total. The summed E-state index contributed by atoms with van der Waals surface area (Å²) in [4.78, 5) is 21.8. The Morgan fingerprint density at radius 2 is 2.00 bits per heavy atom. The van der Waals surface area contributed by atoms with Gasteiger partial charge in [-0.05, 0) is 31.4 Å². The molecule has 1 aromatic carbocycles. The van der Waals surface area contributed by atoms with Gasteiger partial charge in [-0.15, -0.1) is 0 Å². The monoisotopic (exact) mass is 249 g/mol. The van der Waals surface area contributed by atoms with Gasteiger partial charge in [-0.25, -0.2) is 0 Å². The highest BCUT2D eigenvalue weighted by atomic mass is 16.6. The van der Waals surface area contributed by atoms with E-state index in [1.54, 1.807) is 0 Å². The summed E-state index contributed by atoms with van der Waals surface area (Å²) in [5.74, 6) is -0.248. The summed E-state index contributed by atoms with van der Waals surface area (Å²) in [5, 5.41) is 13.2. The van der Waals surface area contributed by atoms with Crippen LogP contribution >= 0.6 is 0 Å². The molecule has 1 aliphatic rings. The Balaban J connectivity index is 1.94. The molecule has 1 fully saturated rings. The SMILES string of the molecule is NC1(CNC(=O)c2ccc([N+](=O)[O-])cc2)CCC1. The fourth-order valence-corrected chi connectivity index (χ4v) is 1.90. The maximum absolute atomic E-state index is 11.8. The lowest BCUT2D eigenvalue weighted by Crippen LogP contribution is -2.54. The highest BCUT2D eigenvalue weighted by molar-refractivity contribution is 5.94. The van der Waals surface area contributed by atoms with Crippen LogP contribution in [0.2, 0.25) is 0 Å². The third-order valence-corrected chi connectivity index (χ3v) is 3.29. The fourth-order valence-electron chi connectivity index (χ4n) is 1.90. The summed E-state index contributed by atoms with van der Waals surface area (Å²) in [7, 11) is 0. The van der Waals surface area contributed by atoms with E-state index in [1.807, 2.05) is 0 Å². The number of rotatable bonds is 4. The second kappa shape index (κ2) is 4.73. The van der Waals surface area contributed by atoms with Crippen LogP contribution in [0.1, 0.15) is 29.6 Å². The number of non-ortho nitro benzene ring substituents is 1. The molecule has 96 valence electrons. The normalized spacial score (nSPS) is 16.7. The van der Waals surface area contributed by atoms with Crippen molar-refractivity contribution in [1.82, 2.24) is 5.32 Å². The van der Waals surface area contributed by atoms with Crippen molar-refractivity contribution in [1.29, 1.82) is 0 Å². The Hall–Kier alpha value is -1.95. The Morgan fingerprint density at radius 3 is 2.44 bits per heavy atom. The van der Waals surface area contributed by atoms with E-state index in [2.05, 4.69) is 5.32 Å². The summed E-state index contributed by atoms with van der Waals surface area (Å²) < 4.78 is 0. The predicted octanol–water partition coefficient (Wildman–Crippen LogP) is 1.21. The van der Waals surface area contributed by atoms with Crippen LogP contribution in [0.5, 0.6) is 0 Å². The third kappa shape index (κ3) is 2.65. The number of benzene rings is 1. The molecular formula is C12H15N3O3. The van der Waals surface area contributed by atoms with Gasteiger partial charge in [-0.3, -0.25) is 14.9 Å². The summed E-state index contributed by atoms with van der Waals surface area (Å²) in [6.07, 6.45) is 2.95. The Morgan fingerprint density at radius 1 is 1.39 bits per heavy atom. The Bertz CT molecular complexity index is 466. The molecule has 0 aromatic heterocycles. The first-order valence-corrected chi connectivity index (χ1v) is 5.82. The van der Waals surface area contributed by atoms with E-state index in [9.17, 15) is 14.9 Å². The zero-order valence-corrected chi connectivity index (χ0v) is 9.89. The maximum Gasteiger partial charge on any atom is 0.269 e. The summed E-state index contributed by atoms with van der Waals surface area (Å²) in [5.41, 5.74) is 6.10. The Labute approximate surface area is 104 Å². The van der Waals surface area contributed by atoms with Crippen molar-refractivity contribution in [2.45, 2.75) is 24.8 Å². The van der Waals surface area contributed by atoms with Crippen LogP contribution < -0.4 is 11.1 Å². The van der Waals surface area contributed by atoms with Gasteiger partial charge in [0.05, 0.1) is 4.92 Å². The minimum absolute atomic E-state index is 0.0270. The first-order chi connectivity index (χ1) is 8.50. The molecule has 0 spiro atoms. The molecule has 6 heteroatoms. The largest absolute Gasteiger partial charge is 0.350 e. The van der Waals surface area contributed by atoms with Gasteiger partial charge in [0.2, 0.25) is 0 Å². The van der Waals surface area contributed by atoms with Gasteiger partial charge in [-0.1, -0.05) is 0 Å². The molecule has 0 aliphatic heterocycles.